The van der Waals surface area contributed by atoms with E-state index in [9.17, 15) is 4.39 Å². The van der Waals surface area contributed by atoms with Crippen LogP contribution < -0.4 is 0 Å². The predicted octanol–water partition coefficient (Wildman–Crippen LogP) is 3.16. The quantitative estimate of drug-likeness (QED) is 0.618. The van der Waals surface area contributed by atoms with Crippen molar-refractivity contribution in [2.75, 3.05) is 0 Å². The van der Waals surface area contributed by atoms with Crippen molar-refractivity contribution in [3.63, 3.8) is 0 Å². The first-order chi connectivity index (χ1) is 6.70. The van der Waals surface area contributed by atoms with Gasteiger partial charge in [-0.1, -0.05) is 6.07 Å². The first kappa shape index (κ1) is 8.71. The van der Waals surface area contributed by atoms with E-state index in [0.717, 1.165) is 16.3 Å². The van der Waals surface area contributed by atoms with Crippen LogP contribution in [0.3, 0.4) is 0 Å². The lowest BCUT2D eigenvalue weighted by molar-refractivity contribution is 0.629. The van der Waals surface area contributed by atoms with E-state index in [-0.39, 0.29) is 5.82 Å². The highest BCUT2D eigenvalue weighted by Crippen LogP contribution is 2.21. The Morgan fingerprint density at radius 1 is 1.21 bits per heavy atom. The van der Waals surface area contributed by atoms with E-state index in [1.165, 1.54) is 12.1 Å². The maximum Gasteiger partial charge on any atom is 0.123 e. The summed E-state index contributed by atoms with van der Waals surface area (Å²) in [7, 11) is 0. The van der Waals surface area contributed by atoms with Gasteiger partial charge >= 0.3 is 0 Å². The van der Waals surface area contributed by atoms with Crippen molar-refractivity contribution in [2.45, 2.75) is 6.92 Å². The summed E-state index contributed by atoms with van der Waals surface area (Å²) in [6, 6.07) is 10.2. The fourth-order valence-corrected chi connectivity index (χ4v) is 1.60. The lowest BCUT2D eigenvalue weighted by atomic mass is 10.0. The van der Waals surface area contributed by atoms with E-state index in [4.69, 9.17) is 5.26 Å². The number of rotatable bonds is 0. The summed E-state index contributed by atoms with van der Waals surface area (Å²) in [5, 5.41) is 10.5. The topological polar surface area (TPSA) is 23.8 Å². The molecule has 0 N–H and O–H groups in total. The van der Waals surface area contributed by atoms with Gasteiger partial charge in [0.1, 0.15) is 5.82 Å². The molecule has 0 fully saturated rings. The van der Waals surface area contributed by atoms with E-state index in [2.05, 4.69) is 6.07 Å². The Bertz CT molecular complexity index is 538. The van der Waals surface area contributed by atoms with Crippen molar-refractivity contribution < 1.29 is 4.39 Å². The largest absolute Gasteiger partial charge is 0.207 e. The number of nitriles is 1. The number of hydrogen-bond acceptors (Lipinski definition) is 1. The third-order valence-corrected chi connectivity index (χ3v) is 2.25. The molecule has 2 aromatic rings. The van der Waals surface area contributed by atoms with Crippen LogP contribution >= 0.6 is 0 Å². The lowest BCUT2D eigenvalue weighted by Gasteiger charge is -2.02. The zero-order valence-corrected chi connectivity index (χ0v) is 7.71. The van der Waals surface area contributed by atoms with Crippen LogP contribution in [0.4, 0.5) is 4.39 Å². The molecule has 0 saturated carbocycles. The zero-order valence-electron chi connectivity index (χ0n) is 7.71. The fraction of sp³-hybridized carbons (Fsp3) is 0.0833. The first-order valence-corrected chi connectivity index (χ1v) is 4.31. The Labute approximate surface area is 81.4 Å². The van der Waals surface area contributed by atoms with Crippen molar-refractivity contribution in [3.05, 3.63) is 47.3 Å². The first-order valence-electron chi connectivity index (χ1n) is 4.31. The van der Waals surface area contributed by atoms with Gasteiger partial charge in [-0.3, -0.25) is 0 Å². The van der Waals surface area contributed by atoms with Gasteiger partial charge in [-0.25, -0.2) is 4.39 Å². The Morgan fingerprint density at radius 3 is 2.71 bits per heavy atom. The average molecular weight is 185 g/mol. The van der Waals surface area contributed by atoms with E-state index in [1.807, 2.05) is 6.92 Å². The standard InChI is InChI=1S/C12H8FN/c1-8-4-9(7-14)5-10-6-11(13)2-3-12(8)10/h2-6H,1H3. The Balaban J connectivity index is 2.85. The van der Waals surface area contributed by atoms with Crippen molar-refractivity contribution >= 4 is 10.8 Å². The minimum atomic E-state index is -0.271. The highest BCUT2D eigenvalue weighted by atomic mass is 19.1. The molecule has 1 nitrogen and oxygen atoms in total. The summed E-state index contributed by atoms with van der Waals surface area (Å²) in [6.07, 6.45) is 0. The molecule has 0 saturated heterocycles. The lowest BCUT2D eigenvalue weighted by Crippen LogP contribution is -1.83. The second kappa shape index (κ2) is 3.12. The summed E-state index contributed by atoms with van der Waals surface area (Å²) in [5.41, 5.74) is 1.57. The highest BCUT2D eigenvalue weighted by Gasteiger charge is 2.01. The minimum absolute atomic E-state index is 0.271. The number of nitrogens with zero attached hydrogens (tertiary/aromatic N) is 1. The van der Waals surface area contributed by atoms with Crippen LogP contribution in [0.15, 0.2) is 30.3 Å². The number of benzene rings is 2. The van der Waals surface area contributed by atoms with Gasteiger partial charge in [-0.2, -0.15) is 5.26 Å². The number of halogens is 1. The summed E-state index contributed by atoms with van der Waals surface area (Å²) < 4.78 is 12.9. The molecule has 0 spiro atoms. The van der Waals surface area contributed by atoms with Gasteiger partial charge in [0.05, 0.1) is 11.6 Å². The van der Waals surface area contributed by atoms with Crippen LogP contribution in [-0.4, -0.2) is 0 Å². The molecular weight excluding hydrogens is 177 g/mol. The molecule has 0 atom stereocenters. The van der Waals surface area contributed by atoms with E-state index in [1.54, 1.807) is 18.2 Å². The molecule has 0 unspecified atom stereocenters. The molecule has 0 heterocycles. The molecule has 2 aromatic carbocycles. The minimum Gasteiger partial charge on any atom is -0.207 e. The number of fused-ring (bicyclic) bond motifs is 1. The molecule has 0 radical (unpaired) electrons. The zero-order chi connectivity index (χ0) is 10.1. The second-order valence-corrected chi connectivity index (χ2v) is 3.27. The molecule has 0 aliphatic carbocycles. The molecule has 0 aliphatic heterocycles. The van der Waals surface area contributed by atoms with Gasteiger partial charge in [-0.15, -0.1) is 0 Å². The van der Waals surface area contributed by atoms with Crippen LogP contribution in [0.2, 0.25) is 0 Å². The molecule has 2 heteroatoms. The van der Waals surface area contributed by atoms with Gasteiger partial charge in [0.2, 0.25) is 0 Å². The van der Waals surface area contributed by atoms with Gasteiger partial charge in [-0.05, 0) is 47.5 Å². The van der Waals surface area contributed by atoms with Crippen LogP contribution in [-0.2, 0) is 0 Å². The van der Waals surface area contributed by atoms with Crippen LogP contribution in [0.5, 0.6) is 0 Å². The van der Waals surface area contributed by atoms with Crippen LogP contribution in [0.1, 0.15) is 11.1 Å². The van der Waals surface area contributed by atoms with Crippen molar-refractivity contribution in [3.8, 4) is 6.07 Å². The second-order valence-electron chi connectivity index (χ2n) is 3.27. The summed E-state index contributed by atoms with van der Waals surface area (Å²) in [6.45, 7) is 1.92. The maximum atomic E-state index is 12.9. The van der Waals surface area contributed by atoms with E-state index in [0.29, 0.717) is 5.56 Å². The van der Waals surface area contributed by atoms with Crippen molar-refractivity contribution in [1.82, 2.24) is 0 Å². The number of hydrogen-bond donors (Lipinski definition) is 0. The monoisotopic (exact) mass is 185 g/mol. The molecule has 2 rings (SSSR count). The van der Waals surface area contributed by atoms with Gasteiger partial charge < -0.3 is 0 Å². The average Bonchev–Trinajstić information content (AvgIpc) is 2.16. The van der Waals surface area contributed by atoms with Crippen molar-refractivity contribution in [1.29, 1.82) is 5.26 Å². The molecule has 0 amide bonds. The van der Waals surface area contributed by atoms with E-state index < -0.39 is 0 Å². The van der Waals surface area contributed by atoms with Crippen LogP contribution in [0.25, 0.3) is 10.8 Å². The van der Waals surface area contributed by atoms with E-state index >= 15 is 0 Å². The summed E-state index contributed by atoms with van der Waals surface area (Å²) in [4.78, 5) is 0. The summed E-state index contributed by atoms with van der Waals surface area (Å²) in [5.74, 6) is -0.271. The molecule has 68 valence electrons. The fourth-order valence-electron chi connectivity index (χ4n) is 1.60. The predicted molar refractivity (Wildman–Crippen MR) is 53.4 cm³/mol. The molecular formula is C12H8FN. The Kier molecular flexibility index (Phi) is 1.94. The third-order valence-electron chi connectivity index (χ3n) is 2.25. The smallest absolute Gasteiger partial charge is 0.123 e. The van der Waals surface area contributed by atoms with Gasteiger partial charge in [0, 0.05) is 0 Å². The number of aryl methyl sites for hydroxylation is 1. The van der Waals surface area contributed by atoms with Crippen LogP contribution in [0, 0.1) is 24.1 Å². The Morgan fingerprint density at radius 2 is 2.00 bits per heavy atom. The third kappa shape index (κ3) is 1.33. The normalized spacial score (nSPS) is 10.1. The maximum absolute atomic E-state index is 12.9. The molecule has 0 aromatic heterocycles. The van der Waals surface area contributed by atoms with Crippen molar-refractivity contribution in [2.24, 2.45) is 0 Å². The molecule has 0 aliphatic rings. The summed E-state index contributed by atoms with van der Waals surface area (Å²) >= 11 is 0. The van der Waals surface area contributed by atoms with Gasteiger partial charge in [0.15, 0.2) is 0 Å². The Hall–Kier alpha value is -1.88. The van der Waals surface area contributed by atoms with Gasteiger partial charge in [0.25, 0.3) is 0 Å². The molecule has 0 bridgehead atoms. The highest BCUT2D eigenvalue weighted by molar-refractivity contribution is 5.86. The molecule has 14 heavy (non-hydrogen) atoms. The SMILES string of the molecule is Cc1cc(C#N)cc2cc(F)ccc12.